The van der Waals surface area contributed by atoms with Gasteiger partial charge in [0, 0.05) is 0 Å². The second-order valence-electron chi connectivity index (χ2n) is 5.34. The molecule has 0 spiro atoms. The number of hydrogen-bond acceptors (Lipinski definition) is 6. The van der Waals surface area contributed by atoms with Crippen LogP contribution in [0, 0.1) is 11.3 Å². The van der Waals surface area contributed by atoms with Crippen molar-refractivity contribution in [3.63, 3.8) is 0 Å². The molecule has 130 valence electrons. The number of nitriles is 1. The van der Waals surface area contributed by atoms with E-state index in [-0.39, 0.29) is 22.7 Å². The number of ether oxygens (including phenoxy) is 2. The standard InChI is InChI=1S/C19H15N3O4/c1-25-13-6-4-5-12(9-13)19(24)26-11-17(23)14(10-20)18-21-15-7-2-3-8-16(15)22-18/h2-9,23H,11H2,1H3,(H,21,22)/b17-14-. The Labute approximate surface area is 149 Å². The predicted octanol–water partition coefficient (Wildman–Crippen LogP) is 3.22. The monoisotopic (exact) mass is 349 g/mol. The Morgan fingerprint density at radius 3 is 2.81 bits per heavy atom. The maximum Gasteiger partial charge on any atom is 0.338 e. The molecule has 0 aliphatic heterocycles. The highest BCUT2D eigenvalue weighted by atomic mass is 16.5. The van der Waals surface area contributed by atoms with Gasteiger partial charge in [-0.1, -0.05) is 18.2 Å². The minimum absolute atomic E-state index is 0.0837. The smallest absolute Gasteiger partial charge is 0.338 e. The summed E-state index contributed by atoms with van der Waals surface area (Å²) in [5.74, 6) is -0.303. The third-order valence-corrected chi connectivity index (χ3v) is 3.67. The molecule has 7 heteroatoms. The van der Waals surface area contributed by atoms with Crippen LogP contribution in [0.1, 0.15) is 16.2 Å². The number of H-pyrrole nitrogens is 1. The molecule has 0 atom stereocenters. The molecule has 3 rings (SSSR count). The molecule has 2 aromatic carbocycles. The first kappa shape index (κ1) is 17.0. The molecule has 7 nitrogen and oxygen atoms in total. The number of aromatic nitrogens is 2. The molecular weight excluding hydrogens is 334 g/mol. The van der Waals surface area contributed by atoms with Crippen LogP contribution in [0.25, 0.3) is 16.6 Å². The number of methoxy groups -OCH3 is 1. The average Bonchev–Trinajstić information content (AvgIpc) is 3.10. The number of benzene rings is 2. The molecule has 0 amide bonds. The Bertz CT molecular complexity index is 997. The van der Waals surface area contributed by atoms with Crippen LogP contribution in [-0.2, 0) is 4.74 Å². The van der Waals surface area contributed by atoms with Crippen LogP contribution < -0.4 is 4.74 Å². The van der Waals surface area contributed by atoms with Gasteiger partial charge in [-0.3, -0.25) is 0 Å². The lowest BCUT2D eigenvalue weighted by molar-refractivity contribution is 0.0502. The number of nitrogens with one attached hydrogen (secondary N) is 1. The number of aliphatic hydroxyl groups excluding tert-OH is 1. The largest absolute Gasteiger partial charge is 0.507 e. The summed E-state index contributed by atoms with van der Waals surface area (Å²) in [5.41, 5.74) is 1.59. The Kier molecular flexibility index (Phi) is 4.85. The van der Waals surface area contributed by atoms with Crippen molar-refractivity contribution in [1.29, 1.82) is 5.26 Å². The quantitative estimate of drug-likeness (QED) is 0.416. The summed E-state index contributed by atoms with van der Waals surface area (Å²) >= 11 is 0. The number of aromatic amines is 1. The molecule has 0 saturated heterocycles. The average molecular weight is 349 g/mol. The van der Waals surface area contributed by atoms with E-state index in [0.717, 1.165) is 5.52 Å². The molecule has 1 heterocycles. The molecule has 0 fully saturated rings. The van der Waals surface area contributed by atoms with Crippen molar-refractivity contribution in [2.75, 3.05) is 13.7 Å². The highest BCUT2D eigenvalue weighted by Gasteiger charge is 2.15. The molecule has 26 heavy (non-hydrogen) atoms. The third-order valence-electron chi connectivity index (χ3n) is 3.67. The van der Waals surface area contributed by atoms with Crippen LogP contribution in [0.15, 0.2) is 54.3 Å². The lowest BCUT2D eigenvalue weighted by Gasteiger charge is -2.06. The van der Waals surface area contributed by atoms with Crippen molar-refractivity contribution in [3.8, 4) is 11.8 Å². The molecular formula is C19H15N3O4. The van der Waals surface area contributed by atoms with Gasteiger partial charge in [-0.15, -0.1) is 0 Å². The van der Waals surface area contributed by atoms with E-state index in [9.17, 15) is 15.2 Å². The maximum atomic E-state index is 12.1. The summed E-state index contributed by atoms with van der Waals surface area (Å²) in [4.78, 5) is 19.3. The van der Waals surface area contributed by atoms with Gasteiger partial charge in [-0.2, -0.15) is 5.26 Å². The van der Waals surface area contributed by atoms with E-state index in [1.165, 1.54) is 13.2 Å². The Morgan fingerprint density at radius 2 is 2.08 bits per heavy atom. The highest BCUT2D eigenvalue weighted by molar-refractivity contribution is 5.90. The number of aliphatic hydroxyl groups is 1. The molecule has 3 aromatic rings. The number of rotatable bonds is 5. The Hall–Kier alpha value is -3.79. The van der Waals surface area contributed by atoms with Gasteiger partial charge in [0.15, 0.2) is 11.6 Å². The first-order chi connectivity index (χ1) is 12.6. The van der Waals surface area contributed by atoms with Crippen molar-refractivity contribution in [2.45, 2.75) is 0 Å². The number of hydrogen-bond donors (Lipinski definition) is 2. The minimum atomic E-state index is -0.641. The number of carbonyl (C=O) groups is 1. The van der Waals surface area contributed by atoms with Gasteiger partial charge in [-0.05, 0) is 30.3 Å². The van der Waals surface area contributed by atoms with Gasteiger partial charge in [0.05, 0.1) is 23.7 Å². The predicted molar refractivity (Wildman–Crippen MR) is 94.5 cm³/mol. The van der Waals surface area contributed by atoms with E-state index in [1.807, 2.05) is 18.2 Å². The zero-order valence-electron chi connectivity index (χ0n) is 13.9. The summed E-state index contributed by atoms with van der Waals surface area (Å²) in [6.07, 6.45) is 0. The second-order valence-corrected chi connectivity index (χ2v) is 5.34. The van der Waals surface area contributed by atoms with E-state index in [2.05, 4.69) is 9.97 Å². The summed E-state index contributed by atoms with van der Waals surface area (Å²) in [6, 6.07) is 15.6. The lowest BCUT2D eigenvalue weighted by Crippen LogP contribution is -2.09. The zero-order chi connectivity index (χ0) is 18.5. The number of nitrogens with zero attached hydrogens (tertiary/aromatic N) is 2. The number of esters is 1. The van der Waals surface area contributed by atoms with E-state index < -0.39 is 12.6 Å². The number of para-hydroxylation sites is 2. The van der Waals surface area contributed by atoms with Crippen molar-refractivity contribution in [1.82, 2.24) is 9.97 Å². The Morgan fingerprint density at radius 1 is 1.27 bits per heavy atom. The number of fused-ring (bicyclic) bond motifs is 1. The number of imidazole rings is 1. The van der Waals surface area contributed by atoms with Gasteiger partial charge >= 0.3 is 5.97 Å². The van der Waals surface area contributed by atoms with Crippen LogP contribution in [-0.4, -0.2) is 34.8 Å². The molecule has 2 N–H and O–H groups in total. The van der Waals surface area contributed by atoms with Crippen LogP contribution >= 0.6 is 0 Å². The fourth-order valence-corrected chi connectivity index (χ4v) is 2.36. The van der Waals surface area contributed by atoms with Gasteiger partial charge in [0.25, 0.3) is 0 Å². The van der Waals surface area contributed by atoms with E-state index in [0.29, 0.717) is 11.3 Å². The summed E-state index contributed by atoms with van der Waals surface area (Å²) in [7, 11) is 1.49. The van der Waals surface area contributed by atoms with Crippen LogP contribution in [0.2, 0.25) is 0 Å². The van der Waals surface area contributed by atoms with Crippen LogP contribution in [0.5, 0.6) is 5.75 Å². The first-order valence-corrected chi connectivity index (χ1v) is 7.71. The maximum absolute atomic E-state index is 12.1. The van der Waals surface area contributed by atoms with Gasteiger partial charge in [-0.25, -0.2) is 9.78 Å². The fourth-order valence-electron chi connectivity index (χ4n) is 2.36. The van der Waals surface area contributed by atoms with Crippen molar-refractivity contribution in [3.05, 3.63) is 65.7 Å². The molecule has 1 aromatic heterocycles. The molecule has 0 radical (unpaired) electrons. The normalized spacial score (nSPS) is 11.5. The first-order valence-electron chi connectivity index (χ1n) is 7.71. The number of allylic oxidation sites excluding steroid dienone is 1. The van der Waals surface area contributed by atoms with Gasteiger partial charge in [0.2, 0.25) is 0 Å². The van der Waals surface area contributed by atoms with E-state index >= 15 is 0 Å². The SMILES string of the molecule is COc1cccc(C(=O)OC/C(O)=C(\C#N)c2nc3ccccc3[nH]2)c1. The van der Waals surface area contributed by atoms with E-state index in [1.54, 1.807) is 30.3 Å². The molecule has 0 saturated carbocycles. The Balaban J connectivity index is 1.78. The third kappa shape index (κ3) is 3.49. The fraction of sp³-hybridized carbons (Fsp3) is 0.105. The lowest BCUT2D eigenvalue weighted by atomic mass is 10.2. The van der Waals surface area contributed by atoms with E-state index in [4.69, 9.17) is 9.47 Å². The van der Waals surface area contributed by atoms with Crippen molar-refractivity contribution >= 4 is 22.6 Å². The summed E-state index contributed by atoms with van der Waals surface area (Å²) in [6.45, 7) is -0.448. The van der Waals surface area contributed by atoms with Crippen LogP contribution in [0.3, 0.4) is 0 Å². The number of carbonyl (C=O) groups excluding carboxylic acids is 1. The highest BCUT2D eigenvalue weighted by Crippen LogP contribution is 2.19. The minimum Gasteiger partial charge on any atom is -0.507 e. The zero-order valence-corrected chi connectivity index (χ0v) is 13.9. The summed E-state index contributed by atoms with van der Waals surface area (Å²) in [5, 5.41) is 19.5. The molecule has 0 aliphatic rings. The topological polar surface area (TPSA) is 108 Å². The van der Waals surface area contributed by atoms with Crippen LogP contribution in [0.4, 0.5) is 0 Å². The molecule has 0 bridgehead atoms. The van der Waals surface area contributed by atoms with Gasteiger partial charge < -0.3 is 19.6 Å². The summed E-state index contributed by atoms with van der Waals surface area (Å²) < 4.78 is 10.1. The van der Waals surface area contributed by atoms with Gasteiger partial charge in [0.1, 0.15) is 24.0 Å². The molecule has 0 unspecified atom stereocenters. The second kappa shape index (κ2) is 7.40. The van der Waals surface area contributed by atoms with Crippen molar-refractivity contribution < 1.29 is 19.4 Å². The van der Waals surface area contributed by atoms with Crippen molar-refractivity contribution in [2.24, 2.45) is 0 Å². The molecule has 0 aliphatic carbocycles.